The molecule has 8 heteroatoms. The van der Waals surface area contributed by atoms with Gasteiger partial charge in [-0.1, -0.05) is 0 Å². The first-order valence-corrected chi connectivity index (χ1v) is 7.42. The Morgan fingerprint density at radius 1 is 1.17 bits per heavy atom. The van der Waals surface area contributed by atoms with Gasteiger partial charge in [0.25, 0.3) is 0 Å². The molecule has 1 aliphatic heterocycles. The summed E-state index contributed by atoms with van der Waals surface area (Å²) in [7, 11) is 5.50. The number of hydrogen-bond acceptors (Lipinski definition) is 8. The second-order valence-corrected chi connectivity index (χ2v) is 5.51. The van der Waals surface area contributed by atoms with Crippen molar-refractivity contribution < 1.29 is 9.47 Å². The Morgan fingerprint density at radius 3 is 2.65 bits per heavy atom. The average molecular weight is 316 g/mol. The second-order valence-electron chi connectivity index (χ2n) is 5.51. The van der Waals surface area contributed by atoms with Gasteiger partial charge in [0, 0.05) is 33.1 Å². The van der Waals surface area contributed by atoms with Gasteiger partial charge in [0.1, 0.15) is 24.1 Å². The van der Waals surface area contributed by atoms with E-state index in [1.807, 2.05) is 25.1 Å². The van der Waals surface area contributed by atoms with Crippen molar-refractivity contribution in [3.63, 3.8) is 0 Å². The van der Waals surface area contributed by atoms with Crippen LogP contribution in [0.4, 0.5) is 11.6 Å². The molecule has 0 N–H and O–H groups in total. The zero-order valence-electron chi connectivity index (χ0n) is 13.5. The van der Waals surface area contributed by atoms with Crippen LogP contribution in [0.25, 0.3) is 0 Å². The van der Waals surface area contributed by atoms with Crippen molar-refractivity contribution in [3.8, 4) is 11.8 Å². The maximum Gasteiger partial charge on any atom is 0.316 e. The van der Waals surface area contributed by atoms with Gasteiger partial charge in [-0.05, 0) is 0 Å². The second kappa shape index (κ2) is 6.64. The van der Waals surface area contributed by atoms with Crippen LogP contribution in [0.3, 0.4) is 0 Å². The topological polar surface area (TPSA) is 76.5 Å². The Labute approximate surface area is 135 Å². The summed E-state index contributed by atoms with van der Waals surface area (Å²) >= 11 is 0. The largest absolute Gasteiger partial charge is 0.494 e. The monoisotopic (exact) mass is 316 g/mol. The Morgan fingerprint density at radius 2 is 1.96 bits per heavy atom. The zero-order chi connectivity index (χ0) is 16.2. The molecule has 0 bridgehead atoms. The van der Waals surface area contributed by atoms with Crippen molar-refractivity contribution >= 4 is 11.6 Å². The van der Waals surface area contributed by atoms with E-state index >= 15 is 0 Å². The lowest BCUT2D eigenvalue weighted by Crippen LogP contribution is -2.26. The number of methoxy groups -OCH3 is 1. The number of rotatable bonds is 5. The normalized spacial score (nSPS) is 17.2. The van der Waals surface area contributed by atoms with Gasteiger partial charge < -0.3 is 19.3 Å². The minimum absolute atomic E-state index is 0.0427. The molecule has 0 amide bonds. The number of ether oxygens (including phenoxy) is 2. The van der Waals surface area contributed by atoms with Gasteiger partial charge in [-0.2, -0.15) is 9.97 Å². The van der Waals surface area contributed by atoms with E-state index in [9.17, 15) is 0 Å². The molecule has 0 spiro atoms. The van der Waals surface area contributed by atoms with E-state index in [4.69, 9.17) is 9.47 Å². The first-order chi connectivity index (χ1) is 11.2. The van der Waals surface area contributed by atoms with E-state index in [1.54, 1.807) is 25.8 Å². The van der Waals surface area contributed by atoms with Crippen molar-refractivity contribution in [1.82, 2.24) is 19.9 Å². The zero-order valence-corrected chi connectivity index (χ0v) is 13.5. The molecule has 1 saturated heterocycles. The third-order valence-corrected chi connectivity index (χ3v) is 3.68. The standard InChI is InChI=1S/C15H20N6O2/c1-20(2)13-6-14(19-10-18-13)21-5-4-11(9-21)23-15-16-7-12(22-3)8-17-15/h6-8,10-11H,4-5,9H2,1-3H3. The lowest BCUT2D eigenvalue weighted by atomic mass is 10.3. The van der Waals surface area contributed by atoms with Gasteiger partial charge in [-0.25, -0.2) is 9.97 Å². The summed E-state index contributed by atoms with van der Waals surface area (Å²) in [5.74, 6) is 2.41. The van der Waals surface area contributed by atoms with Crippen LogP contribution in [0, 0.1) is 0 Å². The van der Waals surface area contributed by atoms with E-state index in [0.717, 1.165) is 31.1 Å². The summed E-state index contributed by atoms with van der Waals surface area (Å²) in [4.78, 5) is 21.0. The Hall–Kier alpha value is -2.64. The van der Waals surface area contributed by atoms with E-state index in [0.29, 0.717) is 11.8 Å². The van der Waals surface area contributed by atoms with Crippen LogP contribution in [0.2, 0.25) is 0 Å². The summed E-state index contributed by atoms with van der Waals surface area (Å²) in [5, 5.41) is 0. The highest BCUT2D eigenvalue weighted by molar-refractivity contribution is 5.50. The quantitative estimate of drug-likeness (QED) is 0.808. The van der Waals surface area contributed by atoms with Gasteiger partial charge >= 0.3 is 6.01 Å². The van der Waals surface area contributed by atoms with Gasteiger partial charge in [0.15, 0.2) is 5.75 Å². The number of nitrogens with zero attached hydrogens (tertiary/aromatic N) is 6. The summed E-state index contributed by atoms with van der Waals surface area (Å²) in [6.07, 6.45) is 5.73. The van der Waals surface area contributed by atoms with Crippen molar-refractivity contribution in [1.29, 1.82) is 0 Å². The van der Waals surface area contributed by atoms with Crippen molar-refractivity contribution in [2.75, 3.05) is 44.1 Å². The third-order valence-electron chi connectivity index (χ3n) is 3.68. The molecule has 2 aromatic rings. The predicted molar refractivity (Wildman–Crippen MR) is 86.2 cm³/mol. The predicted octanol–water partition coefficient (Wildman–Crippen LogP) is 0.999. The van der Waals surface area contributed by atoms with Crippen LogP contribution >= 0.6 is 0 Å². The molecule has 122 valence electrons. The fraction of sp³-hybridized carbons (Fsp3) is 0.467. The van der Waals surface area contributed by atoms with Crippen LogP contribution in [-0.4, -0.2) is 60.3 Å². The smallest absolute Gasteiger partial charge is 0.316 e. The third kappa shape index (κ3) is 3.58. The molecular weight excluding hydrogens is 296 g/mol. The van der Waals surface area contributed by atoms with Crippen LogP contribution < -0.4 is 19.3 Å². The van der Waals surface area contributed by atoms with Gasteiger partial charge in [-0.15, -0.1) is 0 Å². The first-order valence-electron chi connectivity index (χ1n) is 7.42. The maximum absolute atomic E-state index is 5.83. The molecule has 2 aromatic heterocycles. The van der Waals surface area contributed by atoms with Crippen molar-refractivity contribution in [2.24, 2.45) is 0 Å². The fourth-order valence-corrected chi connectivity index (χ4v) is 2.41. The summed E-state index contributed by atoms with van der Waals surface area (Å²) in [5.41, 5.74) is 0. The molecule has 23 heavy (non-hydrogen) atoms. The highest BCUT2D eigenvalue weighted by Gasteiger charge is 2.26. The Bertz CT molecular complexity index is 649. The minimum atomic E-state index is 0.0427. The molecule has 1 unspecified atom stereocenters. The molecular formula is C15H20N6O2. The lowest BCUT2D eigenvalue weighted by Gasteiger charge is -2.19. The van der Waals surface area contributed by atoms with Crippen molar-refractivity contribution in [3.05, 3.63) is 24.8 Å². The maximum atomic E-state index is 5.83. The average Bonchev–Trinajstić information content (AvgIpc) is 3.04. The summed E-state index contributed by atoms with van der Waals surface area (Å²) in [6, 6.07) is 2.35. The van der Waals surface area contributed by atoms with E-state index in [1.165, 1.54) is 0 Å². The molecule has 1 aliphatic rings. The first kappa shape index (κ1) is 15.3. The lowest BCUT2D eigenvalue weighted by molar-refractivity contribution is 0.205. The van der Waals surface area contributed by atoms with Crippen LogP contribution in [0.15, 0.2) is 24.8 Å². The number of aromatic nitrogens is 4. The molecule has 0 aliphatic carbocycles. The molecule has 0 aromatic carbocycles. The molecule has 3 rings (SSSR count). The minimum Gasteiger partial charge on any atom is -0.494 e. The Balaban J connectivity index is 1.62. The summed E-state index contributed by atoms with van der Waals surface area (Å²) in [6.45, 7) is 1.63. The fourth-order valence-electron chi connectivity index (χ4n) is 2.41. The molecule has 8 nitrogen and oxygen atoms in total. The molecule has 3 heterocycles. The SMILES string of the molecule is COc1cnc(OC2CCN(c3cc(N(C)C)ncn3)C2)nc1. The summed E-state index contributed by atoms with van der Waals surface area (Å²) < 4.78 is 10.9. The van der Waals surface area contributed by atoms with Crippen LogP contribution in [0.1, 0.15) is 6.42 Å². The van der Waals surface area contributed by atoms with E-state index in [-0.39, 0.29) is 6.10 Å². The molecule has 0 radical (unpaired) electrons. The highest BCUT2D eigenvalue weighted by atomic mass is 16.5. The van der Waals surface area contributed by atoms with Crippen LogP contribution in [-0.2, 0) is 0 Å². The van der Waals surface area contributed by atoms with Gasteiger partial charge in [0.05, 0.1) is 26.0 Å². The number of hydrogen-bond donors (Lipinski definition) is 0. The molecule has 1 atom stereocenters. The highest BCUT2D eigenvalue weighted by Crippen LogP contribution is 2.22. The van der Waals surface area contributed by atoms with Gasteiger partial charge in [0.2, 0.25) is 0 Å². The number of anilines is 2. The van der Waals surface area contributed by atoms with Gasteiger partial charge in [-0.3, -0.25) is 0 Å². The van der Waals surface area contributed by atoms with Crippen molar-refractivity contribution in [2.45, 2.75) is 12.5 Å². The molecule has 0 saturated carbocycles. The van der Waals surface area contributed by atoms with Crippen LogP contribution in [0.5, 0.6) is 11.8 Å². The van der Waals surface area contributed by atoms with E-state index < -0.39 is 0 Å². The van der Waals surface area contributed by atoms with E-state index in [2.05, 4.69) is 24.8 Å². The Kier molecular flexibility index (Phi) is 4.40. The molecule has 1 fully saturated rings.